The molecule has 3 aromatic rings. The van der Waals surface area contributed by atoms with E-state index in [1.807, 2.05) is 13.0 Å². The molecule has 0 aromatic carbocycles. The number of rotatable bonds is 5. The lowest BCUT2D eigenvalue weighted by molar-refractivity contribution is 0.516. The van der Waals surface area contributed by atoms with Gasteiger partial charge in [0.2, 0.25) is 0 Å². The van der Waals surface area contributed by atoms with E-state index < -0.39 is 0 Å². The van der Waals surface area contributed by atoms with Crippen LogP contribution in [-0.4, -0.2) is 24.3 Å². The van der Waals surface area contributed by atoms with Crippen molar-refractivity contribution in [3.63, 3.8) is 0 Å². The average molecular weight is 304 g/mol. The number of nitrogens with zero attached hydrogens (tertiary/aromatic N) is 5. The second-order valence-corrected chi connectivity index (χ2v) is 5.45. The van der Waals surface area contributed by atoms with Crippen molar-refractivity contribution in [3.05, 3.63) is 41.7 Å². The summed E-state index contributed by atoms with van der Waals surface area (Å²) in [5.41, 5.74) is 4.26. The summed E-state index contributed by atoms with van der Waals surface area (Å²) in [6, 6.07) is 4.09. The zero-order chi connectivity index (χ0) is 14.8. The van der Waals surface area contributed by atoms with Crippen molar-refractivity contribution in [1.82, 2.24) is 24.3 Å². The molecule has 0 amide bonds. The lowest BCUT2D eigenvalue weighted by Gasteiger charge is -2.08. The topological polar surface area (TPSA) is 48.5 Å². The van der Waals surface area contributed by atoms with Crippen LogP contribution in [0.15, 0.2) is 24.5 Å². The highest BCUT2D eigenvalue weighted by atomic mass is 35.5. The van der Waals surface area contributed by atoms with E-state index in [0.717, 1.165) is 42.1 Å². The van der Waals surface area contributed by atoms with Crippen molar-refractivity contribution in [2.45, 2.75) is 39.2 Å². The Bertz CT molecular complexity index is 759. The zero-order valence-corrected chi connectivity index (χ0v) is 13.0. The third-order valence-corrected chi connectivity index (χ3v) is 3.84. The molecular formula is C15H18ClN5. The first-order valence-electron chi connectivity index (χ1n) is 7.05. The molecule has 6 heteroatoms. The van der Waals surface area contributed by atoms with Crippen LogP contribution in [0, 0.1) is 13.8 Å². The Labute approximate surface area is 128 Å². The van der Waals surface area contributed by atoms with Crippen molar-refractivity contribution in [2.24, 2.45) is 0 Å². The van der Waals surface area contributed by atoms with Gasteiger partial charge >= 0.3 is 0 Å². The predicted molar refractivity (Wildman–Crippen MR) is 83.4 cm³/mol. The van der Waals surface area contributed by atoms with E-state index in [0.29, 0.717) is 5.88 Å². The smallest absolute Gasteiger partial charge is 0.124 e. The first-order chi connectivity index (χ1) is 10.2. The first-order valence-corrected chi connectivity index (χ1v) is 7.58. The summed E-state index contributed by atoms with van der Waals surface area (Å²) in [7, 11) is 0. The van der Waals surface area contributed by atoms with Gasteiger partial charge in [-0.2, -0.15) is 5.10 Å². The largest absolute Gasteiger partial charge is 0.327 e. The van der Waals surface area contributed by atoms with Gasteiger partial charge in [0.15, 0.2) is 0 Å². The number of aromatic nitrogens is 5. The van der Waals surface area contributed by atoms with Crippen LogP contribution < -0.4 is 0 Å². The Morgan fingerprint density at radius 3 is 2.81 bits per heavy atom. The monoisotopic (exact) mass is 303 g/mol. The molecule has 0 radical (unpaired) electrons. The molecule has 21 heavy (non-hydrogen) atoms. The first kappa shape index (κ1) is 14.1. The van der Waals surface area contributed by atoms with Crippen LogP contribution >= 0.6 is 11.6 Å². The fourth-order valence-corrected chi connectivity index (χ4v) is 2.87. The number of alkyl halides is 1. The minimum Gasteiger partial charge on any atom is -0.327 e. The van der Waals surface area contributed by atoms with E-state index in [-0.39, 0.29) is 0 Å². The van der Waals surface area contributed by atoms with Crippen LogP contribution in [0.25, 0.3) is 11.0 Å². The molecular weight excluding hydrogens is 286 g/mol. The van der Waals surface area contributed by atoms with Crippen molar-refractivity contribution >= 4 is 22.6 Å². The summed E-state index contributed by atoms with van der Waals surface area (Å²) in [4.78, 5) is 8.64. The Balaban J connectivity index is 1.77. The third-order valence-electron chi connectivity index (χ3n) is 3.60. The molecule has 0 saturated carbocycles. The van der Waals surface area contributed by atoms with E-state index >= 15 is 0 Å². The van der Waals surface area contributed by atoms with Crippen molar-refractivity contribution in [1.29, 1.82) is 0 Å². The van der Waals surface area contributed by atoms with Crippen LogP contribution in [0.1, 0.15) is 23.6 Å². The quantitative estimate of drug-likeness (QED) is 0.681. The Kier molecular flexibility index (Phi) is 3.92. The fourth-order valence-electron chi connectivity index (χ4n) is 2.66. The molecule has 0 aliphatic rings. The lowest BCUT2D eigenvalue weighted by atomic mass is 10.3. The standard InChI is InChI=1S/C15H18ClN5/c1-11-8-12(2)21(19-11)7-3-6-20-14-4-5-17-10-13(14)18-15(20)9-16/h4-5,8,10H,3,6-7,9H2,1-2H3. The summed E-state index contributed by atoms with van der Waals surface area (Å²) in [5, 5.41) is 4.49. The fraction of sp³-hybridized carbons (Fsp3) is 0.400. The van der Waals surface area contributed by atoms with Crippen LogP contribution in [0.5, 0.6) is 0 Å². The third kappa shape index (κ3) is 2.78. The molecule has 0 atom stereocenters. The zero-order valence-electron chi connectivity index (χ0n) is 12.3. The van der Waals surface area contributed by atoms with E-state index in [9.17, 15) is 0 Å². The number of halogens is 1. The van der Waals surface area contributed by atoms with E-state index in [4.69, 9.17) is 11.6 Å². The van der Waals surface area contributed by atoms with Gasteiger partial charge in [-0.25, -0.2) is 4.98 Å². The van der Waals surface area contributed by atoms with Crippen molar-refractivity contribution in [2.75, 3.05) is 0 Å². The number of pyridine rings is 1. The molecule has 3 rings (SSSR count). The molecule has 0 fully saturated rings. The summed E-state index contributed by atoms with van der Waals surface area (Å²) < 4.78 is 4.23. The van der Waals surface area contributed by atoms with Crippen molar-refractivity contribution in [3.8, 4) is 0 Å². The summed E-state index contributed by atoms with van der Waals surface area (Å²) in [6.45, 7) is 5.88. The molecule has 3 aromatic heterocycles. The highest BCUT2D eigenvalue weighted by molar-refractivity contribution is 6.16. The second kappa shape index (κ2) is 5.85. The molecule has 0 aliphatic heterocycles. The minimum atomic E-state index is 0.411. The SMILES string of the molecule is Cc1cc(C)n(CCCn2c(CCl)nc3cnccc32)n1. The van der Waals surface area contributed by atoms with E-state index in [1.54, 1.807) is 12.4 Å². The van der Waals surface area contributed by atoms with E-state index in [1.165, 1.54) is 5.69 Å². The summed E-state index contributed by atoms with van der Waals surface area (Å²) in [5.74, 6) is 1.31. The molecule has 110 valence electrons. The molecule has 3 heterocycles. The molecule has 0 unspecified atom stereocenters. The van der Waals surface area contributed by atoms with Crippen LogP contribution in [0.3, 0.4) is 0 Å². The molecule has 0 aliphatic carbocycles. The summed E-state index contributed by atoms with van der Waals surface area (Å²) >= 11 is 6.01. The number of imidazole rings is 1. The second-order valence-electron chi connectivity index (χ2n) is 5.18. The Hall–Kier alpha value is -1.88. The predicted octanol–water partition coefficient (Wildman–Crippen LogP) is 3.07. The number of fused-ring (bicyclic) bond motifs is 1. The van der Waals surface area contributed by atoms with Gasteiger partial charge in [0.05, 0.1) is 23.3 Å². The van der Waals surface area contributed by atoms with Gasteiger partial charge in [-0.1, -0.05) is 0 Å². The van der Waals surface area contributed by atoms with Gasteiger partial charge in [-0.05, 0) is 32.4 Å². The number of hydrogen-bond acceptors (Lipinski definition) is 3. The normalized spacial score (nSPS) is 11.4. The summed E-state index contributed by atoms with van der Waals surface area (Å²) in [6.07, 6.45) is 4.56. The minimum absolute atomic E-state index is 0.411. The molecule has 0 saturated heterocycles. The molecule has 5 nitrogen and oxygen atoms in total. The molecule has 0 spiro atoms. The maximum Gasteiger partial charge on any atom is 0.124 e. The van der Waals surface area contributed by atoms with Crippen LogP contribution in [-0.2, 0) is 19.0 Å². The number of aryl methyl sites for hydroxylation is 4. The molecule has 0 bridgehead atoms. The van der Waals surface area contributed by atoms with Crippen LogP contribution in [0.4, 0.5) is 0 Å². The maximum atomic E-state index is 6.01. The Morgan fingerprint density at radius 2 is 2.10 bits per heavy atom. The van der Waals surface area contributed by atoms with Gasteiger partial charge in [0.1, 0.15) is 11.3 Å². The lowest BCUT2D eigenvalue weighted by Crippen LogP contribution is -2.08. The average Bonchev–Trinajstić information content (AvgIpc) is 2.99. The van der Waals surface area contributed by atoms with Gasteiger partial charge in [-0.15, -0.1) is 11.6 Å². The van der Waals surface area contributed by atoms with Crippen LogP contribution in [0.2, 0.25) is 0 Å². The number of hydrogen-bond donors (Lipinski definition) is 0. The van der Waals surface area contributed by atoms with Crippen molar-refractivity contribution < 1.29 is 0 Å². The molecule has 0 N–H and O–H groups in total. The highest BCUT2D eigenvalue weighted by Crippen LogP contribution is 2.17. The van der Waals surface area contributed by atoms with E-state index in [2.05, 4.69) is 37.3 Å². The Morgan fingerprint density at radius 1 is 1.24 bits per heavy atom. The van der Waals surface area contributed by atoms with Gasteiger partial charge in [0, 0.05) is 25.0 Å². The van der Waals surface area contributed by atoms with Gasteiger partial charge in [-0.3, -0.25) is 9.67 Å². The highest BCUT2D eigenvalue weighted by Gasteiger charge is 2.09. The van der Waals surface area contributed by atoms with Gasteiger partial charge < -0.3 is 4.57 Å². The van der Waals surface area contributed by atoms with Gasteiger partial charge in [0.25, 0.3) is 0 Å². The maximum absolute atomic E-state index is 6.01.